The van der Waals surface area contributed by atoms with Crippen LogP contribution in [0.1, 0.15) is 20.3 Å². The summed E-state index contributed by atoms with van der Waals surface area (Å²) in [5.74, 6) is -0.672. The van der Waals surface area contributed by atoms with Crippen LogP contribution in [0.5, 0.6) is 0 Å². The third-order valence-corrected chi connectivity index (χ3v) is 1.52. The van der Waals surface area contributed by atoms with Gasteiger partial charge in [-0.1, -0.05) is 13.8 Å². The van der Waals surface area contributed by atoms with E-state index in [4.69, 9.17) is 11.5 Å². The fourth-order valence-corrected chi connectivity index (χ4v) is 0.852. The molecule has 0 fully saturated rings. The van der Waals surface area contributed by atoms with Gasteiger partial charge in [0, 0.05) is 0 Å². The largest absolute Gasteiger partial charge is 0.370 e. The molecule has 0 aromatic rings. The Balaban J connectivity index is 3.95. The first-order chi connectivity index (χ1) is 5.93. The zero-order valence-corrected chi connectivity index (χ0v) is 8.04. The summed E-state index contributed by atoms with van der Waals surface area (Å²) in [5.41, 5.74) is 10.0. The van der Waals surface area contributed by atoms with Crippen molar-refractivity contribution in [3.05, 3.63) is 0 Å². The summed E-state index contributed by atoms with van der Waals surface area (Å²) >= 11 is 0. The monoisotopic (exact) mass is 187 g/mol. The van der Waals surface area contributed by atoms with E-state index in [-0.39, 0.29) is 6.42 Å². The van der Waals surface area contributed by atoms with E-state index in [0.717, 1.165) is 0 Å². The summed E-state index contributed by atoms with van der Waals surface area (Å²) < 4.78 is 0. The Hall–Kier alpha value is -1.10. The van der Waals surface area contributed by atoms with Crippen LogP contribution in [0, 0.1) is 5.92 Å². The molecule has 0 saturated heterocycles. The molecule has 1 atom stereocenters. The lowest BCUT2D eigenvalue weighted by molar-refractivity contribution is -0.125. The van der Waals surface area contributed by atoms with Crippen LogP contribution in [0.3, 0.4) is 0 Å². The summed E-state index contributed by atoms with van der Waals surface area (Å²) in [6, 6.07) is -0.639. The molecule has 0 aliphatic rings. The van der Waals surface area contributed by atoms with Crippen molar-refractivity contribution in [2.45, 2.75) is 26.3 Å². The van der Waals surface area contributed by atoms with Crippen LogP contribution >= 0.6 is 0 Å². The zero-order valence-electron chi connectivity index (χ0n) is 8.04. The molecule has 5 N–H and O–H groups in total. The van der Waals surface area contributed by atoms with Crippen LogP contribution in [0.25, 0.3) is 0 Å². The minimum Gasteiger partial charge on any atom is -0.370 e. The molecule has 0 aromatic heterocycles. The molecule has 2 amide bonds. The fourth-order valence-electron chi connectivity index (χ4n) is 0.852. The summed E-state index contributed by atoms with van der Waals surface area (Å²) in [5, 5.41) is 2.87. The number of amides is 2. The standard InChI is InChI=1S/C8H17N3O2/c1-5(2)4-11-6(8(10)13)3-7(9)12/h5-6,11H,3-4H2,1-2H3,(H2,9,12)(H2,10,13). The molecule has 0 spiro atoms. The van der Waals surface area contributed by atoms with Gasteiger partial charge in [-0.25, -0.2) is 0 Å². The second-order valence-electron chi connectivity index (χ2n) is 3.43. The van der Waals surface area contributed by atoms with Crippen LogP contribution in [0.2, 0.25) is 0 Å². The molecule has 0 aromatic carbocycles. The van der Waals surface area contributed by atoms with Crippen molar-refractivity contribution in [3.8, 4) is 0 Å². The van der Waals surface area contributed by atoms with Crippen molar-refractivity contribution in [2.24, 2.45) is 17.4 Å². The number of nitrogens with one attached hydrogen (secondary N) is 1. The minimum atomic E-state index is -0.639. The summed E-state index contributed by atoms with van der Waals surface area (Å²) in [4.78, 5) is 21.3. The molecule has 5 heteroatoms. The lowest BCUT2D eigenvalue weighted by Gasteiger charge is -2.14. The van der Waals surface area contributed by atoms with Gasteiger partial charge in [0.2, 0.25) is 11.8 Å². The Bertz CT molecular complexity index is 192. The predicted molar refractivity (Wildman–Crippen MR) is 49.6 cm³/mol. The number of hydrogen-bond donors (Lipinski definition) is 3. The van der Waals surface area contributed by atoms with Gasteiger partial charge in [0.15, 0.2) is 0 Å². The van der Waals surface area contributed by atoms with E-state index in [1.54, 1.807) is 0 Å². The van der Waals surface area contributed by atoms with Crippen molar-refractivity contribution >= 4 is 11.8 Å². The van der Waals surface area contributed by atoms with E-state index >= 15 is 0 Å². The van der Waals surface area contributed by atoms with Crippen LogP contribution in [-0.4, -0.2) is 24.4 Å². The molecule has 1 unspecified atom stereocenters. The van der Waals surface area contributed by atoms with Crippen molar-refractivity contribution < 1.29 is 9.59 Å². The van der Waals surface area contributed by atoms with Crippen LogP contribution in [-0.2, 0) is 9.59 Å². The lowest BCUT2D eigenvalue weighted by atomic mass is 10.1. The van der Waals surface area contributed by atoms with Crippen LogP contribution < -0.4 is 16.8 Å². The molecular formula is C8H17N3O2. The third-order valence-electron chi connectivity index (χ3n) is 1.52. The Morgan fingerprint density at radius 3 is 2.15 bits per heavy atom. The smallest absolute Gasteiger partial charge is 0.235 e. The highest BCUT2D eigenvalue weighted by Gasteiger charge is 2.17. The maximum Gasteiger partial charge on any atom is 0.235 e. The summed E-state index contributed by atoms with van der Waals surface area (Å²) in [7, 11) is 0. The Kier molecular flexibility index (Phi) is 5.06. The van der Waals surface area contributed by atoms with Gasteiger partial charge in [-0.2, -0.15) is 0 Å². The fraction of sp³-hybridized carbons (Fsp3) is 0.750. The molecule has 0 saturated carbocycles. The first-order valence-electron chi connectivity index (χ1n) is 4.24. The molecule has 5 nitrogen and oxygen atoms in total. The average Bonchev–Trinajstić information content (AvgIpc) is 1.96. The van der Waals surface area contributed by atoms with E-state index in [2.05, 4.69) is 5.32 Å². The average molecular weight is 187 g/mol. The molecule has 76 valence electrons. The second-order valence-corrected chi connectivity index (χ2v) is 3.43. The van der Waals surface area contributed by atoms with Gasteiger partial charge in [-0.15, -0.1) is 0 Å². The number of carbonyl (C=O) groups is 2. The predicted octanol–water partition coefficient (Wildman–Crippen LogP) is -1.04. The third kappa shape index (κ3) is 6.10. The summed E-state index contributed by atoms with van der Waals surface area (Å²) in [6.07, 6.45) is -0.0396. The quantitative estimate of drug-likeness (QED) is 0.495. The zero-order chi connectivity index (χ0) is 10.4. The highest BCUT2D eigenvalue weighted by molar-refractivity contribution is 5.86. The van der Waals surface area contributed by atoms with Gasteiger partial charge < -0.3 is 16.8 Å². The maximum atomic E-state index is 10.8. The number of hydrogen-bond acceptors (Lipinski definition) is 3. The summed E-state index contributed by atoms with van der Waals surface area (Å²) in [6.45, 7) is 4.63. The van der Waals surface area contributed by atoms with E-state index in [0.29, 0.717) is 12.5 Å². The van der Waals surface area contributed by atoms with E-state index < -0.39 is 17.9 Å². The van der Waals surface area contributed by atoms with Crippen LogP contribution in [0.4, 0.5) is 0 Å². The lowest BCUT2D eigenvalue weighted by Crippen LogP contribution is -2.45. The molecule has 0 rings (SSSR count). The topological polar surface area (TPSA) is 98.2 Å². The Labute approximate surface area is 77.8 Å². The molecular weight excluding hydrogens is 170 g/mol. The van der Waals surface area contributed by atoms with Crippen LogP contribution in [0.15, 0.2) is 0 Å². The van der Waals surface area contributed by atoms with Crippen molar-refractivity contribution in [1.29, 1.82) is 0 Å². The number of carbonyl (C=O) groups excluding carboxylic acids is 2. The Morgan fingerprint density at radius 1 is 1.31 bits per heavy atom. The van der Waals surface area contributed by atoms with Gasteiger partial charge in [0.05, 0.1) is 12.5 Å². The molecule has 13 heavy (non-hydrogen) atoms. The molecule has 0 bridgehead atoms. The highest BCUT2D eigenvalue weighted by atomic mass is 16.2. The molecule has 0 aliphatic heterocycles. The highest BCUT2D eigenvalue weighted by Crippen LogP contribution is 1.93. The normalized spacial score (nSPS) is 12.8. The van der Waals surface area contributed by atoms with E-state index in [1.807, 2.05) is 13.8 Å². The van der Waals surface area contributed by atoms with Crippen molar-refractivity contribution in [2.75, 3.05) is 6.54 Å². The molecule has 0 radical (unpaired) electrons. The van der Waals surface area contributed by atoms with Gasteiger partial charge in [0.25, 0.3) is 0 Å². The van der Waals surface area contributed by atoms with Gasteiger partial charge >= 0.3 is 0 Å². The maximum absolute atomic E-state index is 10.8. The second kappa shape index (κ2) is 5.53. The minimum absolute atomic E-state index is 0.0396. The first-order valence-corrected chi connectivity index (χ1v) is 4.24. The van der Waals surface area contributed by atoms with Crippen molar-refractivity contribution in [3.63, 3.8) is 0 Å². The number of primary amides is 2. The SMILES string of the molecule is CC(C)CNC(CC(N)=O)C(N)=O. The van der Waals surface area contributed by atoms with Crippen molar-refractivity contribution in [1.82, 2.24) is 5.32 Å². The van der Waals surface area contributed by atoms with E-state index in [1.165, 1.54) is 0 Å². The molecule has 0 aliphatic carbocycles. The van der Waals surface area contributed by atoms with Gasteiger partial charge in [-0.05, 0) is 12.5 Å². The Morgan fingerprint density at radius 2 is 1.85 bits per heavy atom. The number of rotatable bonds is 6. The number of nitrogens with two attached hydrogens (primary N) is 2. The first kappa shape index (κ1) is 11.9. The van der Waals surface area contributed by atoms with Gasteiger partial charge in [-0.3, -0.25) is 9.59 Å². The van der Waals surface area contributed by atoms with E-state index in [9.17, 15) is 9.59 Å². The van der Waals surface area contributed by atoms with Gasteiger partial charge in [0.1, 0.15) is 0 Å². The molecule has 0 heterocycles.